The van der Waals surface area contributed by atoms with Gasteiger partial charge in [-0.15, -0.1) is 0 Å². The summed E-state index contributed by atoms with van der Waals surface area (Å²) in [5.74, 6) is 1.81. The van der Waals surface area contributed by atoms with Crippen molar-refractivity contribution in [3.8, 4) is 45.5 Å². The molecule has 0 amide bonds. The van der Waals surface area contributed by atoms with Gasteiger partial charge in [0.1, 0.15) is 11.2 Å². The maximum Gasteiger partial charge on any atom is 0.238 e. The Morgan fingerprint density at radius 3 is 1.52 bits per heavy atom. The van der Waals surface area contributed by atoms with Crippen molar-refractivity contribution in [3.05, 3.63) is 212 Å². The van der Waals surface area contributed by atoms with Crippen LogP contribution in [0, 0.1) is 0 Å². The first kappa shape index (κ1) is 35.7. The lowest BCUT2D eigenvalue weighted by molar-refractivity contribution is 0.670. The fourth-order valence-electron chi connectivity index (χ4n) is 10.2. The van der Waals surface area contributed by atoms with Crippen molar-refractivity contribution in [2.45, 2.75) is 0 Å². The lowest BCUT2D eigenvalue weighted by atomic mass is 9.92. The number of rotatable bonds is 5. The van der Waals surface area contributed by atoms with Crippen LogP contribution in [0.15, 0.2) is 217 Å². The SMILES string of the molecule is c1ccc(-c2nc(-c3ccccc3)nc(-n3c4ccccc4c4cc5c(cc43)c3ccccc3n5-c3cc(-c4cc5ccccc5c5ccccc45)c4oc5ccccc5c4c3)n2)cc1. The van der Waals surface area contributed by atoms with Gasteiger partial charge in [-0.3, -0.25) is 4.57 Å². The minimum atomic E-state index is 0.566. The second-order valence-corrected chi connectivity index (χ2v) is 16.8. The summed E-state index contributed by atoms with van der Waals surface area (Å²) in [6.07, 6.45) is 0. The zero-order valence-electron chi connectivity index (χ0n) is 34.9. The summed E-state index contributed by atoms with van der Waals surface area (Å²) in [6.45, 7) is 0. The second-order valence-electron chi connectivity index (χ2n) is 16.8. The van der Waals surface area contributed by atoms with Gasteiger partial charge in [0, 0.05) is 54.7 Å². The fraction of sp³-hybridized carbons (Fsp3) is 0. The summed E-state index contributed by atoms with van der Waals surface area (Å²) < 4.78 is 11.5. The van der Waals surface area contributed by atoms with Gasteiger partial charge in [0.15, 0.2) is 11.6 Å². The Labute approximate surface area is 371 Å². The first-order chi connectivity index (χ1) is 32.2. The number of furan rings is 1. The highest BCUT2D eigenvalue weighted by atomic mass is 16.3. The molecule has 0 bridgehead atoms. The molecule has 0 atom stereocenters. The van der Waals surface area contributed by atoms with E-state index in [1.54, 1.807) is 0 Å². The summed E-state index contributed by atoms with van der Waals surface area (Å²) in [5.41, 5.74) is 11.1. The molecule has 0 saturated carbocycles. The third kappa shape index (κ3) is 5.38. The van der Waals surface area contributed by atoms with Gasteiger partial charge in [-0.05, 0) is 75.6 Å². The van der Waals surface area contributed by atoms with Gasteiger partial charge in [-0.2, -0.15) is 9.97 Å². The van der Waals surface area contributed by atoms with Gasteiger partial charge in [-0.25, -0.2) is 4.98 Å². The molecular formula is C59H35N5O. The Bertz CT molecular complexity index is 4180. The second kappa shape index (κ2) is 13.8. The van der Waals surface area contributed by atoms with Crippen molar-refractivity contribution in [1.29, 1.82) is 0 Å². The van der Waals surface area contributed by atoms with Gasteiger partial charge >= 0.3 is 0 Å². The molecule has 4 heterocycles. The maximum atomic E-state index is 6.84. The summed E-state index contributed by atoms with van der Waals surface area (Å²) in [5, 5.41) is 11.5. The molecule has 0 spiro atoms. The zero-order chi connectivity index (χ0) is 42.6. The standard InChI is InChI=1S/C59H35N5O/c1-3-17-36(18-4-1)57-60-58(37-19-5-2-6-20-37)62-59(61-57)64-52-29-15-12-26-44(52)48-34-53-47(35-54(48)64)43-25-11-14-28-51(43)63(53)39-32-49-45-27-13-16-30-55(45)65-56(49)50(33-39)46-31-38-21-7-8-22-40(38)41-23-9-10-24-42(41)46/h1-35H. The molecule has 0 aliphatic carbocycles. The van der Waals surface area contributed by atoms with Gasteiger partial charge in [0.25, 0.3) is 0 Å². The van der Waals surface area contributed by atoms with Crippen LogP contribution in [0.25, 0.3) is 133 Å². The van der Waals surface area contributed by atoms with Crippen LogP contribution < -0.4 is 0 Å². The number of hydrogen-bond acceptors (Lipinski definition) is 4. The van der Waals surface area contributed by atoms with Crippen LogP contribution in [-0.4, -0.2) is 24.1 Å². The Hall–Kier alpha value is -8.87. The average Bonchev–Trinajstić information content (AvgIpc) is 4.03. The normalized spacial score (nSPS) is 12.0. The summed E-state index contributed by atoms with van der Waals surface area (Å²) in [6, 6.07) is 75.1. The van der Waals surface area contributed by atoms with E-state index in [1.165, 1.54) is 21.5 Å². The minimum absolute atomic E-state index is 0.566. The molecular weight excluding hydrogens is 795 g/mol. The lowest BCUT2D eigenvalue weighted by Crippen LogP contribution is -2.06. The Morgan fingerprint density at radius 2 is 0.846 bits per heavy atom. The van der Waals surface area contributed by atoms with Gasteiger partial charge in [0.05, 0.1) is 22.1 Å². The van der Waals surface area contributed by atoms with Crippen molar-refractivity contribution in [3.63, 3.8) is 0 Å². The van der Waals surface area contributed by atoms with E-state index in [1.807, 2.05) is 42.5 Å². The van der Waals surface area contributed by atoms with Crippen LogP contribution in [-0.2, 0) is 0 Å². The van der Waals surface area contributed by atoms with Crippen LogP contribution >= 0.6 is 0 Å². The summed E-state index contributed by atoms with van der Waals surface area (Å²) >= 11 is 0. The topological polar surface area (TPSA) is 61.7 Å². The van der Waals surface area contributed by atoms with Gasteiger partial charge in [-0.1, -0.05) is 164 Å². The fourth-order valence-corrected chi connectivity index (χ4v) is 10.2. The number of para-hydroxylation sites is 3. The molecule has 14 aromatic rings. The zero-order valence-corrected chi connectivity index (χ0v) is 34.9. The van der Waals surface area contributed by atoms with E-state index < -0.39 is 0 Å². The first-order valence-corrected chi connectivity index (χ1v) is 21.9. The van der Waals surface area contributed by atoms with Crippen molar-refractivity contribution >= 4 is 87.1 Å². The molecule has 6 nitrogen and oxygen atoms in total. The van der Waals surface area contributed by atoms with E-state index in [-0.39, 0.29) is 0 Å². The monoisotopic (exact) mass is 829 g/mol. The summed E-state index contributed by atoms with van der Waals surface area (Å²) in [4.78, 5) is 15.5. The molecule has 302 valence electrons. The molecule has 0 aliphatic rings. The highest BCUT2D eigenvalue weighted by molar-refractivity contribution is 6.21. The quantitative estimate of drug-likeness (QED) is 0.162. The number of nitrogens with zero attached hydrogens (tertiary/aromatic N) is 5. The average molecular weight is 830 g/mol. The molecule has 6 heteroatoms. The molecule has 0 saturated heterocycles. The van der Waals surface area contributed by atoms with Crippen molar-refractivity contribution in [2.75, 3.05) is 0 Å². The van der Waals surface area contributed by atoms with Crippen LogP contribution in [0.2, 0.25) is 0 Å². The smallest absolute Gasteiger partial charge is 0.238 e. The molecule has 0 fully saturated rings. The minimum Gasteiger partial charge on any atom is -0.455 e. The predicted molar refractivity (Wildman–Crippen MR) is 267 cm³/mol. The third-order valence-corrected chi connectivity index (χ3v) is 13.1. The maximum absolute atomic E-state index is 6.84. The van der Waals surface area contributed by atoms with Crippen LogP contribution in [0.3, 0.4) is 0 Å². The van der Waals surface area contributed by atoms with Crippen LogP contribution in [0.5, 0.6) is 0 Å². The molecule has 0 unspecified atom stereocenters. The molecule has 0 N–H and O–H groups in total. The van der Waals surface area contributed by atoms with Crippen molar-refractivity contribution in [2.24, 2.45) is 0 Å². The molecule has 65 heavy (non-hydrogen) atoms. The first-order valence-electron chi connectivity index (χ1n) is 21.9. The Kier molecular flexibility index (Phi) is 7.59. The van der Waals surface area contributed by atoms with E-state index in [4.69, 9.17) is 19.4 Å². The molecule has 10 aromatic carbocycles. The van der Waals surface area contributed by atoms with E-state index in [0.29, 0.717) is 17.6 Å². The van der Waals surface area contributed by atoms with E-state index in [2.05, 4.69) is 179 Å². The number of benzene rings is 10. The number of aromatic nitrogens is 5. The largest absolute Gasteiger partial charge is 0.455 e. The number of hydrogen-bond donors (Lipinski definition) is 0. The molecule has 14 rings (SSSR count). The Balaban J connectivity index is 1.08. The van der Waals surface area contributed by atoms with Crippen molar-refractivity contribution < 1.29 is 4.42 Å². The lowest BCUT2D eigenvalue weighted by Gasteiger charge is -2.15. The summed E-state index contributed by atoms with van der Waals surface area (Å²) in [7, 11) is 0. The molecule has 0 radical (unpaired) electrons. The number of fused-ring (bicyclic) bond motifs is 12. The van der Waals surface area contributed by atoms with Crippen molar-refractivity contribution in [1.82, 2.24) is 24.1 Å². The highest BCUT2D eigenvalue weighted by Gasteiger charge is 2.23. The van der Waals surface area contributed by atoms with Gasteiger partial charge in [0.2, 0.25) is 5.95 Å². The van der Waals surface area contributed by atoms with E-state index in [0.717, 1.165) is 93.5 Å². The third-order valence-electron chi connectivity index (χ3n) is 13.1. The predicted octanol–water partition coefficient (Wildman–Crippen LogP) is 15.3. The Morgan fingerprint density at radius 1 is 0.323 bits per heavy atom. The van der Waals surface area contributed by atoms with Crippen LogP contribution in [0.4, 0.5) is 0 Å². The van der Waals surface area contributed by atoms with Crippen LogP contribution in [0.1, 0.15) is 0 Å². The molecule has 4 aromatic heterocycles. The highest BCUT2D eigenvalue weighted by Crippen LogP contribution is 2.45. The van der Waals surface area contributed by atoms with E-state index in [9.17, 15) is 0 Å². The van der Waals surface area contributed by atoms with E-state index >= 15 is 0 Å². The molecule has 0 aliphatic heterocycles. The van der Waals surface area contributed by atoms with Gasteiger partial charge < -0.3 is 8.98 Å².